The molecule has 0 amide bonds. The molecule has 0 unspecified atom stereocenters. The van der Waals surface area contributed by atoms with E-state index in [0.29, 0.717) is 24.7 Å². The van der Waals surface area contributed by atoms with E-state index in [2.05, 4.69) is 29.0 Å². The molecule has 0 fully saturated rings. The van der Waals surface area contributed by atoms with E-state index in [1.54, 1.807) is 0 Å². The second-order valence-corrected chi connectivity index (χ2v) is 6.34. The molecule has 25 heavy (non-hydrogen) atoms. The minimum absolute atomic E-state index is 0.000448. The highest BCUT2D eigenvalue weighted by molar-refractivity contribution is 5.71. The quantitative estimate of drug-likeness (QED) is 0.593. The van der Waals surface area contributed by atoms with Crippen molar-refractivity contribution in [2.75, 3.05) is 29.9 Å². The molecule has 0 N–H and O–H groups in total. The van der Waals surface area contributed by atoms with Gasteiger partial charge in [0.1, 0.15) is 6.33 Å². The molecule has 0 aliphatic carbocycles. The molecule has 1 aromatic carbocycles. The van der Waals surface area contributed by atoms with Crippen LogP contribution in [-0.4, -0.2) is 35.0 Å². The van der Waals surface area contributed by atoms with Gasteiger partial charge in [0.2, 0.25) is 11.6 Å². The van der Waals surface area contributed by atoms with E-state index < -0.39 is 0 Å². The Hall–Kier alpha value is -2.70. The summed E-state index contributed by atoms with van der Waals surface area (Å²) < 4.78 is 0. The normalized spacial score (nSPS) is 13.4. The second-order valence-electron chi connectivity index (χ2n) is 6.34. The molecule has 3 rings (SSSR count). The Bertz CT molecular complexity index is 765. The highest BCUT2D eigenvalue weighted by Crippen LogP contribution is 2.35. The highest BCUT2D eigenvalue weighted by Gasteiger charge is 2.30. The summed E-state index contributed by atoms with van der Waals surface area (Å²) in [7, 11) is 1.85. The Morgan fingerprint density at radius 3 is 2.76 bits per heavy atom. The Morgan fingerprint density at radius 1 is 1.28 bits per heavy atom. The Kier molecular flexibility index (Phi) is 5.11. The fourth-order valence-electron chi connectivity index (χ4n) is 3.21. The summed E-state index contributed by atoms with van der Waals surface area (Å²) in [4.78, 5) is 23.7. The predicted octanol–water partition coefficient (Wildman–Crippen LogP) is 3.18. The summed E-state index contributed by atoms with van der Waals surface area (Å²) in [6, 6.07) is 8.22. The number of aromatic nitrogens is 2. The van der Waals surface area contributed by atoms with Crippen LogP contribution in [0.25, 0.3) is 0 Å². The minimum atomic E-state index is -0.354. The van der Waals surface area contributed by atoms with Crippen LogP contribution in [0.2, 0.25) is 0 Å². The first-order chi connectivity index (χ1) is 12.1. The number of unbranched alkanes of at least 4 members (excludes halogenated alkanes) is 1. The average molecular weight is 341 g/mol. The molecule has 0 saturated carbocycles. The van der Waals surface area contributed by atoms with Crippen LogP contribution in [0.4, 0.5) is 17.3 Å². The zero-order valence-electron chi connectivity index (χ0n) is 14.7. The molecule has 1 aliphatic heterocycles. The van der Waals surface area contributed by atoms with Crippen molar-refractivity contribution >= 4 is 17.3 Å². The topological polar surface area (TPSA) is 75.4 Å². The monoisotopic (exact) mass is 341 g/mol. The highest BCUT2D eigenvalue weighted by atomic mass is 16.6. The number of nitro groups is 1. The van der Waals surface area contributed by atoms with Crippen molar-refractivity contribution in [3.05, 3.63) is 51.8 Å². The number of rotatable bonds is 6. The van der Waals surface area contributed by atoms with E-state index in [1.807, 2.05) is 29.0 Å². The van der Waals surface area contributed by atoms with Crippen molar-refractivity contribution in [1.29, 1.82) is 0 Å². The van der Waals surface area contributed by atoms with Gasteiger partial charge in [-0.2, -0.15) is 0 Å². The molecule has 1 aliphatic rings. The van der Waals surface area contributed by atoms with E-state index in [4.69, 9.17) is 0 Å². The van der Waals surface area contributed by atoms with E-state index >= 15 is 0 Å². The molecular formula is C18H23N5O2. The first kappa shape index (κ1) is 17.1. The lowest BCUT2D eigenvalue weighted by Crippen LogP contribution is -2.32. The fourth-order valence-corrected chi connectivity index (χ4v) is 3.21. The maximum atomic E-state index is 11.8. The summed E-state index contributed by atoms with van der Waals surface area (Å²) in [5.41, 5.74) is 2.50. The van der Waals surface area contributed by atoms with Gasteiger partial charge in [0, 0.05) is 26.7 Å². The lowest BCUT2D eigenvalue weighted by Gasteiger charge is -2.30. The standard InChI is InChI=1S/C18H23N5O2/c1-3-4-10-21(2)17-16(23(24)25)18(20-13-19-17)22-11-9-14-7-5-6-8-15(14)12-22/h5-8,13H,3-4,9-12H2,1-2H3. The van der Waals surface area contributed by atoms with Crippen molar-refractivity contribution in [2.24, 2.45) is 0 Å². The molecule has 0 saturated heterocycles. The fraction of sp³-hybridized carbons (Fsp3) is 0.444. The number of hydrogen-bond donors (Lipinski definition) is 0. The van der Waals surface area contributed by atoms with Crippen LogP contribution >= 0.6 is 0 Å². The predicted molar refractivity (Wildman–Crippen MR) is 98.1 cm³/mol. The van der Waals surface area contributed by atoms with Gasteiger partial charge in [-0.15, -0.1) is 0 Å². The lowest BCUT2D eigenvalue weighted by molar-refractivity contribution is -0.383. The summed E-state index contributed by atoms with van der Waals surface area (Å²) in [6.45, 7) is 4.18. The molecule has 0 radical (unpaired) electrons. The van der Waals surface area contributed by atoms with Crippen molar-refractivity contribution in [3.8, 4) is 0 Å². The van der Waals surface area contributed by atoms with Gasteiger partial charge in [0.15, 0.2) is 0 Å². The van der Waals surface area contributed by atoms with Gasteiger partial charge < -0.3 is 9.80 Å². The van der Waals surface area contributed by atoms with Gasteiger partial charge in [0.25, 0.3) is 0 Å². The van der Waals surface area contributed by atoms with Gasteiger partial charge >= 0.3 is 5.69 Å². The van der Waals surface area contributed by atoms with E-state index in [1.165, 1.54) is 17.5 Å². The second kappa shape index (κ2) is 7.46. The Labute approximate surface area is 147 Å². The third-order valence-electron chi connectivity index (χ3n) is 4.61. The van der Waals surface area contributed by atoms with Gasteiger partial charge in [-0.1, -0.05) is 37.6 Å². The van der Waals surface area contributed by atoms with Crippen LogP contribution < -0.4 is 9.80 Å². The Morgan fingerprint density at radius 2 is 2.04 bits per heavy atom. The van der Waals surface area contributed by atoms with E-state index in [-0.39, 0.29) is 10.6 Å². The van der Waals surface area contributed by atoms with Crippen LogP contribution in [0.5, 0.6) is 0 Å². The summed E-state index contributed by atoms with van der Waals surface area (Å²) >= 11 is 0. The molecule has 2 aromatic rings. The van der Waals surface area contributed by atoms with E-state index in [9.17, 15) is 10.1 Å². The van der Waals surface area contributed by atoms with Crippen LogP contribution in [0, 0.1) is 10.1 Å². The molecule has 7 heteroatoms. The number of hydrogen-bond acceptors (Lipinski definition) is 6. The minimum Gasteiger partial charge on any atom is -0.354 e. The zero-order chi connectivity index (χ0) is 17.8. The maximum Gasteiger partial charge on any atom is 0.353 e. The third-order valence-corrected chi connectivity index (χ3v) is 4.61. The number of nitrogens with zero attached hydrogens (tertiary/aromatic N) is 5. The number of fused-ring (bicyclic) bond motifs is 1. The molecule has 2 heterocycles. The average Bonchev–Trinajstić information content (AvgIpc) is 2.65. The zero-order valence-corrected chi connectivity index (χ0v) is 14.7. The maximum absolute atomic E-state index is 11.8. The van der Waals surface area contributed by atoms with E-state index in [0.717, 1.165) is 25.8 Å². The van der Waals surface area contributed by atoms with Gasteiger partial charge in [0.05, 0.1) is 4.92 Å². The SMILES string of the molecule is CCCCN(C)c1ncnc(N2CCc3ccccc3C2)c1[N+](=O)[O-]. The number of anilines is 2. The summed E-state index contributed by atoms with van der Waals surface area (Å²) in [5.74, 6) is 0.801. The van der Waals surface area contributed by atoms with Gasteiger partial charge in [-0.25, -0.2) is 9.97 Å². The van der Waals surface area contributed by atoms with Crippen LogP contribution in [0.1, 0.15) is 30.9 Å². The Balaban J connectivity index is 1.95. The van der Waals surface area contributed by atoms with Crippen LogP contribution in [-0.2, 0) is 13.0 Å². The van der Waals surface area contributed by atoms with Crippen molar-refractivity contribution < 1.29 is 4.92 Å². The van der Waals surface area contributed by atoms with Crippen LogP contribution in [0.15, 0.2) is 30.6 Å². The summed E-state index contributed by atoms with van der Waals surface area (Å²) in [6.07, 6.45) is 4.28. The lowest BCUT2D eigenvalue weighted by atomic mass is 10.00. The molecule has 0 spiro atoms. The van der Waals surface area contributed by atoms with Crippen molar-refractivity contribution in [2.45, 2.75) is 32.7 Å². The molecule has 7 nitrogen and oxygen atoms in total. The van der Waals surface area contributed by atoms with Crippen molar-refractivity contribution in [3.63, 3.8) is 0 Å². The van der Waals surface area contributed by atoms with Gasteiger partial charge in [-0.05, 0) is 24.0 Å². The first-order valence-electron chi connectivity index (χ1n) is 8.64. The third kappa shape index (κ3) is 3.55. The van der Waals surface area contributed by atoms with Crippen LogP contribution in [0.3, 0.4) is 0 Å². The smallest absolute Gasteiger partial charge is 0.353 e. The first-order valence-corrected chi connectivity index (χ1v) is 8.64. The molecule has 0 bridgehead atoms. The molecule has 132 valence electrons. The number of benzene rings is 1. The molecular weight excluding hydrogens is 318 g/mol. The molecule has 1 aromatic heterocycles. The molecule has 0 atom stereocenters. The largest absolute Gasteiger partial charge is 0.354 e. The summed E-state index contributed by atoms with van der Waals surface area (Å²) in [5, 5.41) is 11.8. The van der Waals surface area contributed by atoms with Gasteiger partial charge in [-0.3, -0.25) is 10.1 Å². The van der Waals surface area contributed by atoms with Crippen molar-refractivity contribution in [1.82, 2.24) is 9.97 Å².